The van der Waals surface area contributed by atoms with Crippen LogP contribution < -0.4 is 15.4 Å². The molecule has 0 atom stereocenters. The molecule has 35 heavy (non-hydrogen) atoms. The number of amides is 1. The van der Waals surface area contributed by atoms with Gasteiger partial charge in [-0.15, -0.1) is 0 Å². The number of nitrogens with one attached hydrogen (secondary N) is 2. The van der Waals surface area contributed by atoms with Gasteiger partial charge in [-0.3, -0.25) is 4.79 Å². The molecular formula is C26H25FN6O2. The molecule has 9 heteroatoms. The Balaban J connectivity index is 1.64. The zero-order valence-electron chi connectivity index (χ0n) is 19.8. The van der Waals surface area contributed by atoms with Crippen molar-refractivity contribution in [2.45, 2.75) is 26.7 Å². The zero-order valence-corrected chi connectivity index (χ0v) is 19.8. The number of carbonyl (C=O) groups excluding carboxylic acids is 1. The molecule has 2 aromatic carbocycles. The summed E-state index contributed by atoms with van der Waals surface area (Å²) in [5.74, 6) is 0.319. The number of carbonyl (C=O) groups is 1. The largest absolute Gasteiger partial charge is 0.438 e. The summed E-state index contributed by atoms with van der Waals surface area (Å²) >= 11 is 0. The maximum absolute atomic E-state index is 14.8. The predicted octanol–water partition coefficient (Wildman–Crippen LogP) is 5.59. The van der Waals surface area contributed by atoms with Gasteiger partial charge in [0.05, 0.1) is 11.1 Å². The first-order valence-corrected chi connectivity index (χ1v) is 11.1. The highest BCUT2D eigenvalue weighted by Gasteiger charge is 2.19. The normalized spacial score (nSPS) is 10.8. The number of rotatable bonds is 7. The van der Waals surface area contributed by atoms with Crippen LogP contribution in [0.15, 0.2) is 61.1 Å². The lowest BCUT2D eigenvalue weighted by Gasteiger charge is -2.14. The Hall–Kier alpha value is -4.40. The average Bonchev–Trinajstić information content (AvgIpc) is 2.86. The van der Waals surface area contributed by atoms with Gasteiger partial charge in [-0.1, -0.05) is 26.0 Å². The van der Waals surface area contributed by atoms with E-state index in [1.807, 2.05) is 18.2 Å². The molecule has 0 spiro atoms. The lowest BCUT2D eigenvalue weighted by molar-refractivity contribution is 0.102. The third kappa shape index (κ3) is 5.40. The summed E-state index contributed by atoms with van der Waals surface area (Å²) in [6, 6.07) is 13.6. The van der Waals surface area contributed by atoms with E-state index in [4.69, 9.17) is 4.74 Å². The van der Waals surface area contributed by atoms with Crippen molar-refractivity contribution in [3.05, 3.63) is 83.6 Å². The van der Waals surface area contributed by atoms with E-state index in [0.29, 0.717) is 34.5 Å². The zero-order chi connectivity index (χ0) is 24.9. The molecule has 0 aliphatic rings. The summed E-state index contributed by atoms with van der Waals surface area (Å²) in [6.07, 6.45) is 2.94. The van der Waals surface area contributed by atoms with Gasteiger partial charge in [0, 0.05) is 18.9 Å². The number of pyridine rings is 1. The molecule has 0 fully saturated rings. The number of aryl methyl sites for hydroxylation is 1. The summed E-state index contributed by atoms with van der Waals surface area (Å²) in [5, 5.41) is 5.63. The Morgan fingerprint density at radius 3 is 2.66 bits per heavy atom. The highest BCUT2D eigenvalue weighted by molar-refractivity contribution is 6.04. The molecule has 178 valence electrons. The fourth-order valence-electron chi connectivity index (χ4n) is 3.40. The molecule has 0 aliphatic carbocycles. The summed E-state index contributed by atoms with van der Waals surface area (Å²) in [7, 11) is 1.70. The van der Waals surface area contributed by atoms with E-state index in [2.05, 4.69) is 44.4 Å². The minimum Gasteiger partial charge on any atom is -0.438 e. The lowest BCUT2D eigenvalue weighted by atomic mass is 10.0. The summed E-state index contributed by atoms with van der Waals surface area (Å²) < 4.78 is 20.8. The Morgan fingerprint density at radius 2 is 1.89 bits per heavy atom. The van der Waals surface area contributed by atoms with Crippen LogP contribution in [0.4, 0.5) is 16.0 Å². The maximum Gasteiger partial charge on any atom is 0.258 e. The Kier molecular flexibility index (Phi) is 6.96. The molecule has 0 unspecified atom stereocenters. The molecule has 0 saturated heterocycles. The van der Waals surface area contributed by atoms with Crippen LogP contribution in [-0.4, -0.2) is 32.9 Å². The van der Waals surface area contributed by atoms with Crippen LogP contribution in [0.5, 0.6) is 11.6 Å². The summed E-state index contributed by atoms with van der Waals surface area (Å²) in [4.78, 5) is 29.8. The SMILES string of the molecule is CNc1ncnc(-c2cccnc2Oc2cc(C(=O)Nc3cccc(C(C)C)c3)c(F)cc2C)n1. The lowest BCUT2D eigenvalue weighted by Crippen LogP contribution is -2.14. The van der Waals surface area contributed by atoms with Gasteiger partial charge in [0.15, 0.2) is 5.82 Å². The minimum absolute atomic E-state index is 0.143. The molecular weight excluding hydrogens is 447 g/mol. The third-order valence-corrected chi connectivity index (χ3v) is 5.33. The number of ether oxygens (including phenoxy) is 1. The fourth-order valence-corrected chi connectivity index (χ4v) is 3.40. The van der Waals surface area contributed by atoms with E-state index in [1.54, 1.807) is 38.4 Å². The van der Waals surface area contributed by atoms with E-state index in [-0.39, 0.29) is 17.2 Å². The number of nitrogens with zero attached hydrogens (tertiary/aromatic N) is 4. The third-order valence-electron chi connectivity index (χ3n) is 5.33. The molecule has 0 aliphatic heterocycles. The smallest absolute Gasteiger partial charge is 0.258 e. The number of hydrogen-bond donors (Lipinski definition) is 2. The Labute approximate surface area is 202 Å². The van der Waals surface area contributed by atoms with E-state index in [1.165, 1.54) is 18.5 Å². The monoisotopic (exact) mass is 472 g/mol. The highest BCUT2D eigenvalue weighted by Crippen LogP contribution is 2.32. The van der Waals surface area contributed by atoms with Crippen LogP contribution >= 0.6 is 0 Å². The van der Waals surface area contributed by atoms with Crippen LogP contribution in [0.2, 0.25) is 0 Å². The van der Waals surface area contributed by atoms with Crippen molar-refractivity contribution in [1.82, 2.24) is 19.9 Å². The quantitative estimate of drug-likeness (QED) is 0.361. The maximum atomic E-state index is 14.8. The molecule has 8 nitrogen and oxygen atoms in total. The van der Waals surface area contributed by atoms with Crippen molar-refractivity contribution in [2.24, 2.45) is 0 Å². The van der Waals surface area contributed by atoms with Crippen molar-refractivity contribution >= 4 is 17.5 Å². The topological polar surface area (TPSA) is 102 Å². The van der Waals surface area contributed by atoms with Crippen LogP contribution in [-0.2, 0) is 0 Å². The minimum atomic E-state index is -0.648. The van der Waals surface area contributed by atoms with Gasteiger partial charge in [0.25, 0.3) is 5.91 Å². The number of halogens is 1. The first-order valence-electron chi connectivity index (χ1n) is 11.1. The standard InChI is InChI=1S/C26H25FN6O2/c1-15(2)17-7-5-8-18(12-17)32-24(34)20-13-22(16(3)11-21(20)27)35-25-19(9-6-10-29-25)23-30-14-31-26(28-4)33-23/h5-15H,1-4H3,(H,32,34)(H,28,30,31,33). The first-order chi connectivity index (χ1) is 16.9. The number of benzene rings is 2. The van der Waals surface area contributed by atoms with Crippen LogP contribution in [0.3, 0.4) is 0 Å². The van der Waals surface area contributed by atoms with Crippen molar-refractivity contribution < 1.29 is 13.9 Å². The van der Waals surface area contributed by atoms with Crippen molar-refractivity contribution in [3.8, 4) is 23.0 Å². The second kappa shape index (κ2) is 10.3. The molecule has 4 aromatic rings. The van der Waals surface area contributed by atoms with Gasteiger partial charge < -0.3 is 15.4 Å². The molecule has 2 aromatic heterocycles. The number of hydrogen-bond acceptors (Lipinski definition) is 7. The Morgan fingerprint density at radius 1 is 1.06 bits per heavy atom. The predicted molar refractivity (Wildman–Crippen MR) is 132 cm³/mol. The molecule has 2 N–H and O–H groups in total. The van der Waals surface area contributed by atoms with Crippen LogP contribution in [0.1, 0.15) is 41.3 Å². The second-order valence-corrected chi connectivity index (χ2v) is 8.17. The first kappa shape index (κ1) is 23.7. The summed E-state index contributed by atoms with van der Waals surface area (Å²) in [5.41, 5.74) is 2.54. The van der Waals surface area contributed by atoms with E-state index >= 15 is 0 Å². The molecule has 4 rings (SSSR count). The van der Waals surface area contributed by atoms with Crippen molar-refractivity contribution in [3.63, 3.8) is 0 Å². The van der Waals surface area contributed by atoms with E-state index < -0.39 is 11.7 Å². The highest BCUT2D eigenvalue weighted by atomic mass is 19.1. The van der Waals surface area contributed by atoms with Gasteiger partial charge in [-0.05, 0) is 60.4 Å². The fraction of sp³-hybridized carbons (Fsp3) is 0.192. The van der Waals surface area contributed by atoms with Gasteiger partial charge >= 0.3 is 0 Å². The van der Waals surface area contributed by atoms with Crippen LogP contribution in [0.25, 0.3) is 11.4 Å². The number of anilines is 2. The number of aromatic nitrogens is 4. The van der Waals surface area contributed by atoms with Crippen LogP contribution in [0, 0.1) is 12.7 Å². The molecule has 1 amide bonds. The van der Waals surface area contributed by atoms with E-state index in [0.717, 1.165) is 5.56 Å². The van der Waals surface area contributed by atoms with E-state index in [9.17, 15) is 9.18 Å². The van der Waals surface area contributed by atoms with Crippen molar-refractivity contribution in [2.75, 3.05) is 17.7 Å². The Bertz CT molecular complexity index is 1380. The molecule has 0 bridgehead atoms. The second-order valence-electron chi connectivity index (χ2n) is 8.17. The molecule has 2 heterocycles. The van der Waals surface area contributed by atoms with Gasteiger partial charge in [-0.25, -0.2) is 19.3 Å². The summed E-state index contributed by atoms with van der Waals surface area (Å²) in [6.45, 7) is 5.82. The van der Waals surface area contributed by atoms with Gasteiger partial charge in [0.2, 0.25) is 11.8 Å². The van der Waals surface area contributed by atoms with Gasteiger partial charge in [0.1, 0.15) is 17.9 Å². The molecule has 0 saturated carbocycles. The average molecular weight is 473 g/mol. The van der Waals surface area contributed by atoms with Gasteiger partial charge in [-0.2, -0.15) is 4.98 Å². The van der Waals surface area contributed by atoms with Crippen molar-refractivity contribution in [1.29, 1.82) is 0 Å². The molecule has 0 radical (unpaired) electrons.